The maximum absolute atomic E-state index is 4.90. The van der Waals surface area contributed by atoms with Crippen LogP contribution in [0.5, 0.6) is 0 Å². The van der Waals surface area contributed by atoms with Gasteiger partial charge >= 0.3 is 0 Å². The van der Waals surface area contributed by atoms with Crippen molar-refractivity contribution in [2.45, 2.75) is 84.6 Å². The summed E-state index contributed by atoms with van der Waals surface area (Å²) in [5.41, 5.74) is 13.2. The first-order valence-electron chi connectivity index (χ1n) is 13.6. The second-order valence-electron chi connectivity index (χ2n) is 9.35. The molecular formula is C29H43N7. The molecule has 2 aromatic carbocycles. The molecule has 194 valence electrons. The molecule has 3 N–H and O–H groups in total. The van der Waals surface area contributed by atoms with Gasteiger partial charge < -0.3 is 0 Å². The maximum Gasteiger partial charge on any atom is 0.171 e. The molecule has 7 heteroatoms. The van der Waals surface area contributed by atoms with Gasteiger partial charge in [-0.25, -0.2) is 10.5 Å². The normalized spacial score (nSPS) is 13.2. The standard InChI is InChI=1S/C29H43N7/c1-4-6-8-9-10-11-12-17-28(30-3)33-36(22-7-5-2)23-24-18-20-25(21-19-24)26-15-13-14-16-27(26)29-31-34-35-32-29/h13-16,18-21,34-35H,3-12,17,22-23H2,1-2H3,(H,31,32)/b33-28-. The van der Waals surface area contributed by atoms with Crippen molar-refractivity contribution in [1.29, 1.82) is 0 Å². The van der Waals surface area contributed by atoms with Gasteiger partial charge in [-0.3, -0.25) is 10.4 Å². The van der Waals surface area contributed by atoms with E-state index >= 15 is 0 Å². The van der Waals surface area contributed by atoms with Crippen molar-refractivity contribution in [1.82, 2.24) is 21.5 Å². The highest BCUT2D eigenvalue weighted by Gasteiger charge is 2.14. The molecule has 1 aliphatic heterocycles. The molecule has 0 unspecified atom stereocenters. The summed E-state index contributed by atoms with van der Waals surface area (Å²) in [6.45, 7) is 9.96. The van der Waals surface area contributed by atoms with Gasteiger partial charge in [0.2, 0.25) is 0 Å². The minimum atomic E-state index is 0.764. The lowest BCUT2D eigenvalue weighted by molar-refractivity contribution is 0.273. The minimum Gasteiger partial charge on any atom is -0.291 e. The Labute approximate surface area is 217 Å². The van der Waals surface area contributed by atoms with Gasteiger partial charge in [-0.15, -0.1) is 10.6 Å². The van der Waals surface area contributed by atoms with Crippen LogP contribution in [0.15, 0.2) is 63.7 Å². The summed E-state index contributed by atoms with van der Waals surface area (Å²) in [5, 5.41) is 11.3. The fraction of sp³-hybridized carbons (Fsp3) is 0.483. The summed E-state index contributed by atoms with van der Waals surface area (Å²) < 4.78 is 0. The van der Waals surface area contributed by atoms with E-state index in [0.717, 1.165) is 67.1 Å². The predicted octanol–water partition coefficient (Wildman–Crippen LogP) is 6.38. The lowest BCUT2D eigenvalue weighted by Gasteiger charge is -2.20. The van der Waals surface area contributed by atoms with Crippen LogP contribution in [-0.4, -0.2) is 29.9 Å². The van der Waals surface area contributed by atoms with E-state index in [4.69, 9.17) is 5.10 Å². The highest BCUT2D eigenvalue weighted by molar-refractivity contribution is 6.04. The predicted molar refractivity (Wildman–Crippen MR) is 153 cm³/mol. The number of amidine groups is 2. The molecule has 0 atom stereocenters. The quantitative estimate of drug-likeness (QED) is 0.111. The first kappa shape index (κ1) is 27.4. The third-order valence-corrected chi connectivity index (χ3v) is 6.43. The second-order valence-corrected chi connectivity index (χ2v) is 9.35. The molecule has 36 heavy (non-hydrogen) atoms. The van der Waals surface area contributed by atoms with Gasteiger partial charge in [0.15, 0.2) is 5.84 Å². The smallest absolute Gasteiger partial charge is 0.171 e. The van der Waals surface area contributed by atoms with Crippen molar-refractivity contribution >= 4 is 18.4 Å². The lowest BCUT2D eigenvalue weighted by atomic mass is 9.98. The van der Waals surface area contributed by atoms with Crippen LogP contribution in [0, 0.1) is 0 Å². The van der Waals surface area contributed by atoms with E-state index in [9.17, 15) is 0 Å². The van der Waals surface area contributed by atoms with Crippen molar-refractivity contribution in [2.24, 2.45) is 15.2 Å². The zero-order valence-corrected chi connectivity index (χ0v) is 22.1. The van der Waals surface area contributed by atoms with Crippen LogP contribution in [0.2, 0.25) is 0 Å². The maximum atomic E-state index is 4.90. The Hall–Kier alpha value is -3.19. The van der Waals surface area contributed by atoms with E-state index in [0.29, 0.717) is 0 Å². The number of rotatable bonds is 16. The van der Waals surface area contributed by atoms with E-state index in [1.165, 1.54) is 44.1 Å². The molecular weight excluding hydrogens is 446 g/mol. The third-order valence-electron chi connectivity index (χ3n) is 6.43. The topological polar surface area (TPSA) is 76.4 Å². The van der Waals surface area contributed by atoms with Gasteiger partial charge in [0.25, 0.3) is 0 Å². The third kappa shape index (κ3) is 8.79. The number of hydrogen-bond donors (Lipinski definition) is 3. The Morgan fingerprint density at radius 2 is 1.56 bits per heavy atom. The number of hydrazine groups is 2. The van der Waals surface area contributed by atoms with Crippen LogP contribution >= 0.6 is 0 Å². The molecule has 0 aromatic heterocycles. The fourth-order valence-corrected chi connectivity index (χ4v) is 4.34. The van der Waals surface area contributed by atoms with Crippen molar-refractivity contribution in [3.05, 3.63) is 59.7 Å². The van der Waals surface area contributed by atoms with E-state index in [-0.39, 0.29) is 0 Å². The van der Waals surface area contributed by atoms with E-state index in [1.54, 1.807) is 0 Å². The number of hydrogen-bond acceptors (Lipinski definition) is 6. The average Bonchev–Trinajstić information content (AvgIpc) is 3.46. The molecule has 7 nitrogen and oxygen atoms in total. The van der Waals surface area contributed by atoms with Gasteiger partial charge in [0, 0.05) is 18.5 Å². The Morgan fingerprint density at radius 3 is 2.22 bits per heavy atom. The van der Waals surface area contributed by atoms with Crippen molar-refractivity contribution in [2.75, 3.05) is 6.54 Å². The summed E-state index contributed by atoms with van der Waals surface area (Å²) >= 11 is 0. The van der Waals surface area contributed by atoms with Crippen LogP contribution in [-0.2, 0) is 6.54 Å². The summed E-state index contributed by atoms with van der Waals surface area (Å²) in [4.78, 5) is 4.26. The molecule has 0 saturated heterocycles. The van der Waals surface area contributed by atoms with Gasteiger partial charge in [-0.2, -0.15) is 5.10 Å². The zero-order chi connectivity index (χ0) is 25.4. The molecule has 0 bridgehead atoms. The van der Waals surface area contributed by atoms with Crippen LogP contribution in [0.1, 0.15) is 89.2 Å². The van der Waals surface area contributed by atoms with Gasteiger partial charge in [-0.05, 0) is 36.2 Å². The van der Waals surface area contributed by atoms with Crippen molar-refractivity contribution in [3.63, 3.8) is 0 Å². The Bertz CT molecular complexity index is 981. The highest BCUT2D eigenvalue weighted by Crippen LogP contribution is 2.25. The zero-order valence-electron chi connectivity index (χ0n) is 22.1. The number of nitrogens with zero attached hydrogens (tertiary/aromatic N) is 4. The molecule has 2 aromatic rings. The summed E-state index contributed by atoms with van der Waals surface area (Å²) in [6.07, 6.45) is 12.1. The van der Waals surface area contributed by atoms with E-state index in [1.807, 2.05) is 6.07 Å². The summed E-state index contributed by atoms with van der Waals surface area (Å²) in [5.74, 6) is 1.64. The van der Waals surface area contributed by atoms with E-state index in [2.05, 4.69) is 94.6 Å². The van der Waals surface area contributed by atoms with Crippen LogP contribution in [0.4, 0.5) is 0 Å². The summed E-state index contributed by atoms with van der Waals surface area (Å²) in [6, 6.07) is 17.0. The molecule has 0 fully saturated rings. The minimum absolute atomic E-state index is 0.764. The first-order chi connectivity index (χ1) is 17.7. The van der Waals surface area contributed by atoms with Gasteiger partial charge in [-0.1, -0.05) is 107 Å². The molecule has 0 aliphatic carbocycles. The van der Waals surface area contributed by atoms with E-state index < -0.39 is 0 Å². The average molecular weight is 490 g/mol. The SMILES string of the molecule is C=N/C(CCCCCCCCC)=N\N(CCCC)Cc1ccc(-c2ccccc2C2=NNNN2)cc1. The number of aliphatic imine (C=N–C) groups is 1. The Morgan fingerprint density at radius 1 is 0.861 bits per heavy atom. The monoisotopic (exact) mass is 489 g/mol. The second kappa shape index (κ2) is 15.7. The number of nitrogens with one attached hydrogen (secondary N) is 3. The largest absolute Gasteiger partial charge is 0.291 e. The van der Waals surface area contributed by atoms with Gasteiger partial charge in [0.1, 0.15) is 5.84 Å². The molecule has 0 radical (unpaired) electrons. The molecule has 0 saturated carbocycles. The summed E-state index contributed by atoms with van der Waals surface area (Å²) in [7, 11) is 0. The molecule has 1 heterocycles. The number of hydrazone groups is 2. The van der Waals surface area contributed by atoms with Crippen LogP contribution in [0.25, 0.3) is 11.1 Å². The first-order valence-corrected chi connectivity index (χ1v) is 13.6. The molecule has 0 amide bonds. The van der Waals surface area contributed by atoms with Crippen LogP contribution < -0.4 is 16.5 Å². The highest BCUT2D eigenvalue weighted by atomic mass is 15.8. The Balaban J connectivity index is 1.62. The molecule has 0 spiro atoms. The van der Waals surface area contributed by atoms with Crippen LogP contribution in [0.3, 0.4) is 0 Å². The number of unbranched alkanes of at least 4 members (excludes halogenated alkanes) is 7. The molecule has 3 rings (SSSR count). The number of benzene rings is 2. The van der Waals surface area contributed by atoms with Gasteiger partial charge in [0.05, 0.1) is 6.54 Å². The van der Waals surface area contributed by atoms with Crippen molar-refractivity contribution in [3.8, 4) is 11.1 Å². The lowest BCUT2D eigenvalue weighted by Crippen LogP contribution is -2.35. The van der Waals surface area contributed by atoms with Crippen molar-refractivity contribution < 1.29 is 0 Å². The fourth-order valence-electron chi connectivity index (χ4n) is 4.34. The Kier molecular flexibility index (Phi) is 12.0. The molecule has 1 aliphatic rings.